The highest BCUT2D eigenvalue weighted by atomic mass is 19.1. The average Bonchev–Trinajstić information content (AvgIpc) is 2.61. The first-order valence-electron chi connectivity index (χ1n) is 4.90. The van der Waals surface area contributed by atoms with E-state index in [0.717, 1.165) is 5.56 Å². The maximum atomic E-state index is 12.7. The van der Waals surface area contributed by atoms with E-state index >= 15 is 0 Å². The van der Waals surface area contributed by atoms with E-state index in [4.69, 9.17) is 5.26 Å². The molecule has 0 radical (unpaired) electrons. The summed E-state index contributed by atoms with van der Waals surface area (Å²) in [5.74, 6) is -0.829. The van der Waals surface area contributed by atoms with Crippen LogP contribution in [0.15, 0.2) is 24.3 Å². The lowest BCUT2D eigenvalue weighted by Crippen LogP contribution is -2.11. The molecule has 3 heteroatoms. The highest BCUT2D eigenvalue weighted by molar-refractivity contribution is 5.88. The van der Waals surface area contributed by atoms with Crippen LogP contribution in [-0.4, -0.2) is 5.78 Å². The highest BCUT2D eigenvalue weighted by Gasteiger charge is 2.35. The van der Waals surface area contributed by atoms with E-state index in [1.807, 2.05) is 0 Å². The van der Waals surface area contributed by atoms with Crippen molar-refractivity contribution < 1.29 is 9.18 Å². The molecule has 1 aromatic carbocycles. The minimum atomic E-state index is -0.351. The van der Waals surface area contributed by atoms with Crippen LogP contribution in [0.1, 0.15) is 24.3 Å². The fourth-order valence-electron chi connectivity index (χ4n) is 2.07. The number of carbonyl (C=O) groups is 1. The van der Waals surface area contributed by atoms with E-state index in [9.17, 15) is 9.18 Å². The third-order valence-electron chi connectivity index (χ3n) is 2.85. The van der Waals surface area contributed by atoms with Crippen molar-refractivity contribution in [1.29, 1.82) is 5.26 Å². The smallest absolute Gasteiger partial charge is 0.141 e. The summed E-state index contributed by atoms with van der Waals surface area (Å²) in [6.07, 6.45) is 1.08. The lowest BCUT2D eigenvalue weighted by molar-refractivity contribution is -0.118. The van der Waals surface area contributed by atoms with E-state index in [2.05, 4.69) is 6.07 Å². The van der Waals surface area contributed by atoms with Crippen molar-refractivity contribution in [3.8, 4) is 6.07 Å². The molecule has 1 saturated carbocycles. The molecule has 2 atom stereocenters. The van der Waals surface area contributed by atoms with Gasteiger partial charge in [0.15, 0.2) is 0 Å². The van der Waals surface area contributed by atoms with Crippen molar-refractivity contribution in [3.63, 3.8) is 0 Å². The Morgan fingerprint density at radius 3 is 2.60 bits per heavy atom. The number of Topliss-reactive ketones (excluding diaryl/α,β-unsaturated/α-hetero) is 1. The Bertz CT molecular complexity index is 418. The van der Waals surface area contributed by atoms with Gasteiger partial charge in [0.2, 0.25) is 0 Å². The lowest BCUT2D eigenvalue weighted by atomic mass is 9.89. The molecule has 0 aromatic heterocycles. The Labute approximate surface area is 87.3 Å². The van der Waals surface area contributed by atoms with Crippen LogP contribution in [0.2, 0.25) is 0 Å². The molecular formula is C12H10FNO. The molecule has 2 rings (SSSR count). The van der Waals surface area contributed by atoms with Crippen molar-refractivity contribution in [2.24, 2.45) is 5.92 Å². The van der Waals surface area contributed by atoms with Crippen LogP contribution in [0, 0.1) is 23.1 Å². The van der Waals surface area contributed by atoms with E-state index in [1.165, 1.54) is 12.1 Å². The SMILES string of the molecule is N#C[C@H]1CCC(=O)[C@@H]1c1ccc(F)cc1. The van der Waals surface area contributed by atoms with Gasteiger partial charge in [0.25, 0.3) is 0 Å². The number of rotatable bonds is 1. The summed E-state index contributed by atoms with van der Waals surface area (Å²) in [6.45, 7) is 0. The number of ketones is 1. The number of hydrogen-bond acceptors (Lipinski definition) is 2. The molecule has 1 fully saturated rings. The van der Waals surface area contributed by atoms with Crippen molar-refractivity contribution in [2.75, 3.05) is 0 Å². The van der Waals surface area contributed by atoms with Crippen molar-refractivity contribution >= 4 is 5.78 Å². The number of carbonyl (C=O) groups excluding carboxylic acids is 1. The molecule has 0 bridgehead atoms. The van der Waals surface area contributed by atoms with Gasteiger partial charge in [-0.25, -0.2) is 4.39 Å². The largest absolute Gasteiger partial charge is 0.299 e. The summed E-state index contributed by atoms with van der Waals surface area (Å²) in [6, 6.07) is 7.98. The molecule has 0 heterocycles. The molecule has 2 nitrogen and oxygen atoms in total. The van der Waals surface area contributed by atoms with Crippen LogP contribution < -0.4 is 0 Å². The van der Waals surface area contributed by atoms with Gasteiger partial charge < -0.3 is 0 Å². The second kappa shape index (κ2) is 3.82. The molecule has 0 N–H and O–H groups in total. The number of nitrogens with zero attached hydrogens (tertiary/aromatic N) is 1. The third kappa shape index (κ3) is 1.75. The normalized spacial score (nSPS) is 25.2. The molecule has 1 aromatic rings. The minimum Gasteiger partial charge on any atom is -0.299 e. The zero-order chi connectivity index (χ0) is 10.8. The minimum absolute atomic E-state index is 0.0909. The number of hydrogen-bond donors (Lipinski definition) is 0. The Morgan fingerprint density at radius 2 is 2.00 bits per heavy atom. The van der Waals surface area contributed by atoms with Crippen LogP contribution in [0.4, 0.5) is 4.39 Å². The number of benzene rings is 1. The Kier molecular flexibility index (Phi) is 2.51. The zero-order valence-electron chi connectivity index (χ0n) is 8.11. The molecule has 1 aliphatic rings. The van der Waals surface area contributed by atoms with Gasteiger partial charge in [0.05, 0.1) is 17.9 Å². The van der Waals surface area contributed by atoms with Gasteiger partial charge in [-0.05, 0) is 24.1 Å². The first kappa shape index (κ1) is 9.85. The molecular weight excluding hydrogens is 193 g/mol. The molecule has 15 heavy (non-hydrogen) atoms. The molecule has 0 spiro atoms. The third-order valence-corrected chi connectivity index (χ3v) is 2.85. The lowest BCUT2D eigenvalue weighted by Gasteiger charge is -2.11. The zero-order valence-corrected chi connectivity index (χ0v) is 8.11. The molecule has 0 aliphatic heterocycles. The summed E-state index contributed by atoms with van der Waals surface area (Å²) in [7, 11) is 0. The van der Waals surface area contributed by atoms with Gasteiger partial charge >= 0.3 is 0 Å². The standard InChI is InChI=1S/C12H10FNO/c13-10-4-1-8(2-5-10)12-9(7-14)3-6-11(12)15/h1-2,4-5,9,12H,3,6H2/t9-,12-/m1/s1. The molecule has 76 valence electrons. The van der Waals surface area contributed by atoms with Crippen molar-refractivity contribution in [2.45, 2.75) is 18.8 Å². The van der Waals surface area contributed by atoms with E-state index in [0.29, 0.717) is 12.8 Å². The van der Waals surface area contributed by atoms with E-state index in [-0.39, 0.29) is 23.4 Å². The maximum absolute atomic E-state index is 12.7. The Morgan fingerprint density at radius 1 is 1.33 bits per heavy atom. The van der Waals surface area contributed by atoms with Gasteiger partial charge in [-0.2, -0.15) is 5.26 Å². The van der Waals surface area contributed by atoms with Crippen LogP contribution in [0.25, 0.3) is 0 Å². The van der Waals surface area contributed by atoms with Crippen LogP contribution >= 0.6 is 0 Å². The van der Waals surface area contributed by atoms with Gasteiger partial charge in [0.1, 0.15) is 11.6 Å². The van der Waals surface area contributed by atoms with Gasteiger partial charge in [0, 0.05) is 6.42 Å². The maximum Gasteiger partial charge on any atom is 0.141 e. The van der Waals surface area contributed by atoms with Crippen molar-refractivity contribution in [1.82, 2.24) is 0 Å². The molecule has 0 saturated heterocycles. The fourth-order valence-corrected chi connectivity index (χ4v) is 2.07. The molecule has 1 aliphatic carbocycles. The van der Waals surface area contributed by atoms with Gasteiger partial charge in [-0.15, -0.1) is 0 Å². The summed E-state index contributed by atoms with van der Waals surface area (Å²) in [5.41, 5.74) is 0.755. The topological polar surface area (TPSA) is 40.9 Å². The van der Waals surface area contributed by atoms with Gasteiger partial charge in [-0.3, -0.25) is 4.79 Å². The number of halogens is 1. The highest BCUT2D eigenvalue weighted by Crippen LogP contribution is 2.36. The second-order valence-electron chi connectivity index (χ2n) is 3.77. The predicted molar refractivity (Wildman–Crippen MR) is 52.5 cm³/mol. The quantitative estimate of drug-likeness (QED) is 0.703. The summed E-state index contributed by atoms with van der Waals surface area (Å²) < 4.78 is 12.7. The Hall–Kier alpha value is -1.69. The number of nitriles is 1. The summed E-state index contributed by atoms with van der Waals surface area (Å²) >= 11 is 0. The molecule has 0 unspecified atom stereocenters. The van der Waals surface area contributed by atoms with Crippen LogP contribution in [0.3, 0.4) is 0 Å². The summed E-state index contributed by atoms with van der Waals surface area (Å²) in [4.78, 5) is 11.6. The van der Waals surface area contributed by atoms with Crippen molar-refractivity contribution in [3.05, 3.63) is 35.6 Å². The van der Waals surface area contributed by atoms with E-state index < -0.39 is 0 Å². The predicted octanol–water partition coefficient (Wildman–Crippen LogP) is 2.41. The van der Waals surface area contributed by atoms with Crippen LogP contribution in [0.5, 0.6) is 0 Å². The van der Waals surface area contributed by atoms with E-state index in [1.54, 1.807) is 12.1 Å². The second-order valence-corrected chi connectivity index (χ2v) is 3.77. The fraction of sp³-hybridized carbons (Fsp3) is 0.333. The average molecular weight is 203 g/mol. The first-order valence-corrected chi connectivity index (χ1v) is 4.90. The molecule has 0 amide bonds. The van der Waals surface area contributed by atoms with Crippen LogP contribution in [-0.2, 0) is 4.79 Å². The summed E-state index contributed by atoms with van der Waals surface area (Å²) in [5, 5.41) is 8.89. The van der Waals surface area contributed by atoms with Gasteiger partial charge in [-0.1, -0.05) is 12.1 Å². The first-order chi connectivity index (χ1) is 7.22. The monoisotopic (exact) mass is 203 g/mol. The Balaban J connectivity index is 2.33.